The number of H-pyrrole nitrogens is 1. The molecular weight excluding hydrogens is 400 g/mol. The Bertz CT molecular complexity index is 1060. The molecule has 1 fully saturated rings. The van der Waals surface area contributed by atoms with Gasteiger partial charge in [0.1, 0.15) is 5.75 Å². The van der Waals surface area contributed by atoms with Crippen LogP contribution in [0.1, 0.15) is 53.0 Å². The Hall–Kier alpha value is -3.24. The number of nitrogens with one attached hydrogen (secondary N) is 2. The molecular formula is C25H32N6O. The highest BCUT2D eigenvalue weighted by Gasteiger charge is 2.41. The van der Waals surface area contributed by atoms with E-state index in [4.69, 9.17) is 0 Å². The molecule has 0 aliphatic carbocycles. The first-order chi connectivity index (χ1) is 15.0. The summed E-state index contributed by atoms with van der Waals surface area (Å²) >= 11 is 0. The van der Waals surface area contributed by atoms with Gasteiger partial charge in [-0.2, -0.15) is 20.6 Å². The number of nitriles is 1. The summed E-state index contributed by atoms with van der Waals surface area (Å²) < 4.78 is 0. The Labute approximate surface area is 190 Å². The summed E-state index contributed by atoms with van der Waals surface area (Å²) in [5, 5.41) is 39.6. The van der Waals surface area contributed by atoms with Crippen molar-refractivity contribution >= 4 is 11.4 Å². The average Bonchev–Trinajstić information content (AvgIpc) is 3.23. The molecule has 0 bridgehead atoms. The second-order valence-electron chi connectivity index (χ2n) is 9.80. The molecule has 1 aromatic carbocycles. The molecule has 2 heterocycles. The maximum Gasteiger partial charge on any atom is 0.125 e. The van der Waals surface area contributed by atoms with Gasteiger partial charge in [-0.15, -0.1) is 0 Å². The van der Waals surface area contributed by atoms with E-state index in [1.807, 2.05) is 6.07 Å². The quantitative estimate of drug-likeness (QED) is 0.448. The molecule has 0 amide bonds. The second kappa shape index (κ2) is 9.09. The molecule has 3 rings (SSSR count). The fraction of sp³-hybridized carbons (Fsp3) is 0.440. The highest BCUT2D eigenvalue weighted by Crippen LogP contribution is 2.37. The Morgan fingerprint density at radius 1 is 1.25 bits per heavy atom. The van der Waals surface area contributed by atoms with Crippen molar-refractivity contribution in [1.29, 1.82) is 5.26 Å². The molecule has 2 aromatic rings. The monoisotopic (exact) mass is 432 g/mol. The molecule has 1 aliphatic heterocycles. The van der Waals surface area contributed by atoms with E-state index < -0.39 is 5.92 Å². The average molecular weight is 433 g/mol. The first-order valence-corrected chi connectivity index (χ1v) is 10.8. The molecule has 1 atom stereocenters. The van der Waals surface area contributed by atoms with Crippen LogP contribution in [0.25, 0.3) is 11.1 Å². The van der Waals surface area contributed by atoms with Gasteiger partial charge < -0.3 is 10.4 Å². The smallest absolute Gasteiger partial charge is 0.125 e. The van der Waals surface area contributed by atoms with Crippen molar-refractivity contribution in [2.45, 2.75) is 58.5 Å². The molecule has 0 spiro atoms. The topological polar surface area (TPSA) is 109 Å². The van der Waals surface area contributed by atoms with Crippen molar-refractivity contribution in [2.24, 2.45) is 22.0 Å². The summed E-state index contributed by atoms with van der Waals surface area (Å²) in [5.74, 6) is -0.151. The van der Waals surface area contributed by atoms with Gasteiger partial charge in [-0.1, -0.05) is 12.6 Å². The number of phenols is 1. The number of aromatic hydroxyl groups is 1. The highest BCUT2D eigenvalue weighted by molar-refractivity contribution is 6.03. The van der Waals surface area contributed by atoms with Crippen LogP contribution in [0.2, 0.25) is 0 Å². The van der Waals surface area contributed by atoms with Crippen LogP contribution in [0.15, 0.2) is 53.5 Å². The lowest BCUT2D eigenvalue weighted by atomic mass is 9.70. The molecule has 7 heteroatoms. The van der Waals surface area contributed by atoms with Crippen molar-refractivity contribution in [3.8, 4) is 22.9 Å². The van der Waals surface area contributed by atoms with Gasteiger partial charge in [-0.05, 0) is 77.2 Å². The van der Waals surface area contributed by atoms with E-state index in [9.17, 15) is 10.4 Å². The lowest BCUT2D eigenvalue weighted by Gasteiger charge is -2.47. The SMILES string of the molecule is C=C/C(=N\N=C(/C)c1ccc(-c2cn[nH]c2)cc1O)C(C#N)C1CC(C)(C)NC(C)(C)C1. The van der Waals surface area contributed by atoms with Crippen LogP contribution in [0.3, 0.4) is 0 Å². The van der Waals surface area contributed by atoms with Gasteiger partial charge in [0.15, 0.2) is 0 Å². The largest absolute Gasteiger partial charge is 0.507 e. The molecule has 32 heavy (non-hydrogen) atoms. The number of aromatic amines is 1. The number of aromatic nitrogens is 2. The van der Waals surface area contributed by atoms with E-state index in [1.165, 1.54) is 0 Å². The van der Waals surface area contributed by atoms with Gasteiger partial charge in [-0.25, -0.2) is 0 Å². The normalized spacial score (nSPS) is 19.9. The number of rotatable bonds is 6. The molecule has 1 saturated heterocycles. The molecule has 1 aliphatic rings. The minimum atomic E-state index is -0.401. The third-order valence-electron chi connectivity index (χ3n) is 5.89. The van der Waals surface area contributed by atoms with Crippen molar-refractivity contribution in [2.75, 3.05) is 0 Å². The Morgan fingerprint density at radius 2 is 1.94 bits per heavy atom. The number of hydrogen-bond donors (Lipinski definition) is 3. The summed E-state index contributed by atoms with van der Waals surface area (Å²) in [6.07, 6.45) is 6.80. The van der Waals surface area contributed by atoms with Gasteiger partial charge in [0.2, 0.25) is 0 Å². The Balaban J connectivity index is 1.86. The van der Waals surface area contributed by atoms with Gasteiger partial charge in [0.25, 0.3) is 0 Å². The molecule has 0 radical (unpaired) electrons. The summed E-state index contributed by atoms with van der Waals surface area (Å²) in [5.41, 5.74) is 3.29. The zero-order valence-corrected chi connectivity index (χ0v) is 19.5. The van der Waals surface area contributed by atoms with Crippen LogP contribution >= 0.6 is 0 Å². The van der Waals surface area contributed by atoms with Crippen molar-refractivity contribution in [1.82, 2.24) is 15.5 Å². The fourth-order valence-corrected chi connectivity index (χ4v) is 4.89. The molecule has 168 valence electrons. The molecule has 7 nitrogen and oxygen atoms in total. The van der Waals surface area contributed by atoms with E-state index in [-0.39, 0.29) is 22.7 Å². The number of benzene rings is 1. The highest BCUT2D eigenvalue weighted by atomic mass is 16.3. The predicted molar refractivity (Wildman–Crippen MR) is 129 cm³/mol. The maximum absolute atomic E-state index is 10.5. The molecule has 1 unspecified atom stereocenters. The van der Waals surface area contributed by atoms with E-state index in [1.54, 1.807) is 37.5 Å². The first-order valence-electron chi connectivity index (χ1n) is 10.8. The zero-order chi connectivity index (χ0) is 23.5. The van der Waals surface area contributed by atoms with E-state index in [0.29, 0.717) is 17.0 Å². The van der Waals surface area contributed by atoms with Gasteiger partial charge in [0.05, 0.1) is 29.6 Å². The maximum atomic E-state index is 10.5. The van der Waals surface area contributed by atoms with Crippen LogP contribution < -0.4 is 5.32 Å². The zero-order valence-electron chi connectivity index (χ0n) is 19.5. The number of nitrogens with zero attached hydrogens (tertiary/aromatic N) is 4. The minimum Gasteiger partial charge on any atom is -0.507 e. The standard InChI is InChI=1S/C25H32N6O/c1-7-22(21(13-26)18-11-24(3,4)31-25(5,6)12-18)30-29-16(2)20-9-8-17(10-23(20)32)19-14-27-28-15-19/h7-10,14-15,18,21,31-32H,1,11-12H2,2-6H3,(H,27,28)/b29-16+,30-22+. The van der Waals surface area contributed by atoms with Crippen LogP contribution in [0, 0.1) is 23.2 Å². The first kappa shape index (κ1) is 23.4. The van der Waals surface area contributed by atoms with Crippen molar-refractivity contribution < 1.29 is 5.11 Å². The van der Waals surface area contributed by atoms with Crippen LogP contribution in [-0.2, 0) is 0 Å². The number of allylic oxidation sites excluding steroid dienone is 1. The predicted octanol–water partition coefficient (Wildman–Crippen LogP) is 4.83. The van der Waals surface area contributed by atoms with Gasteiger partial charge >= 0.3 is 0 Å². The van der Waals surface area contributed by atoms with E-state index >= 15 is 0 Å². The Kier molecular flexibility index (Phi) is 6.65. The van der Waals surface area contributed by atoms with E-state index in [2.05, 4.69) is 66.1 Å². The second-order valence-corrected chi connectivity index (χ2v) is 9.80. The third kappa shape index (κ3) is 5.32. The van der Waals surface area contributed by atoms with Gasteiger partial charge in [0, 0.05) is 28.4 Å². The van der Waals surface area contributed by atoms with Crippen molar-refractivity contribution in [3.63, 3.8) is 0 Å². The molecule has 1 aromatic heterocycles. The Morgan fingerprint density at radius 3 is 2.47 bits per heavy atom. The molecule has 3 N–H and O–H groups in total. The summed E-state index contributed by atoms with van der Waals surface area (Å²) in [6, 6.07) is 7.82. The number of phenolic OH excluding ortho intramolecular Hbond substituents is 1. The third-order valence-corrected chi connectivity index (χ3v) is 5.89. The van der Waals surface area contributed by atoms with E-state index in [0.717, 1.165) is 24.0 Å². The summed E-state index contributed by atoms with van der Waals surface area (Å²) in [7, 11) is 0. The lowest BCUT2D eigenvalue weighted by molar-refractivity contribution is 0.120. The minimum absolute atomic E-state index is 0.0739. The number of hydrogen-bond acceptors (Lipinski definition) is 6. The van der Waals surface area contributed by atoms with Crippen LogP contribution in [0.5, 0.6) is 5.75 Å². The summed E-state index contributed by atoms with van der Waals surface area (Å²) in [4.78, 5) is 0. The van der Waals surface area contributed by atoms with Gasteiger partial charge in [-0.3, -0.25) is 5.10 Å². The molecule has 0 saturated carbocycles. The lowest BCUT2D eigenvalue weighted by Crippen LogP contribution is -2.59. The van der Waals surface area contributed by atoms with Crippen LogP contribution in [-0.4, -0.2) is 37.8 Å². The fourth-order valence-electron chi connectivity index (χ4n) is 4.89. The number of piperidine rings is 1. The van der Waals surface area contributed by atoms with Crippen molar-refractivity contribution in [3.05, 3.63) is 48.8 Å². The summed E-state index contributed by atoms with van der Waals surface area (Å²) in [6.45, 7) is 14.3. The van der Waals surface area contributed by atoms with Crippen LogP contribution in [0.4, 0.5) is 0 Å².